The number of nitro groups is 1. The van der Waals surface area contributed by atoms with Crippen molar-refractivity contribution < 1.29 is 19.6 Å². The Labute approximate surface area is 137 Å². The fourth-order valence-electron chi connectivity index (χ4n) is 2.51. The maximum Gasteiger partial charge on any atom is 0.293 e. The van der Waals surface area contributed by atoms with Gasteiger partial charge < -0.3 is 15.2 Å². The molecule has 1 aliphatic rings. The lowest BCUT2D eigenvalue weighted by Gasteiger charge is -2.29. The standard InChI is InChI=1S/C15H15ClN2O5/c1-8-2-5-12(13(6-8)18(22)23)17-14(19)11-7-9(16)3-4-10(11)15(20)21/h2-3,5-6,10-11H,4,7H2,1H3,(H,17,19)(H,20,21)/p-1/t10-,11-/m1/s1. The van der Waals surface area contributed by atoms with Crippen molar-refractivity contribution in [3.8, 4) is 0 Å². The summed E-state index contributed by atoms with van der Waals surface area (Å²) in [4.78, 5) is 34.0. The molecule has 1 aromatic rings. The average molecular weight is 338 g/mol. The minimum atomic E-state index is -1.34. The number of rotatable bonds is 4. The molecular weight excluding hydrogens is 324 g/mol. The first kappa shape index (κ1) is 17.0. The van der Waals surface area contributed by atoms with E-state index in [-0.39, 0.29) is 24.2 Å². The van der Waals surface area contributed by atoms with Gasteiger partial charge in [-0.2, -0.15) is 0 Å². The van der Waals surface area contributed by atoms with Crippen LogP contribution in [0, 0.1) is 28.9 Å². The molecule has 1 aliphatic carbocycles. The van der Waals surface area contributed by atoms with E-state index in [9.17, 15) is 24.8 Å². The molecule has 1 aromatic carbocycles. The first-order valence-corrected chi connectivity index (χ1v) is 7.28. The van der Waals surface area contributed by atoms with Gasteiger partial charge in [-0.25, -0.2) is 0 Å². The third-order valence-electron chi connectivity index (χ3n) is 3.74. The first-order valence-electron chi connectivity index (χ1n) is 6.91. The van der Waals surface area contributed by atoms with E-state index < -0.39 is 28.6 Å². The molecule has 1 N–H and O–H groups in total. The molecule has 0 saturated heterocycles. The fraction of sp³-hybridized carbons (Fsp3) is 0.333. The lowest BCUT2D eigenvalue weighted by molar-refractivity contribution is -0.384. The Kier molecular flexibility index (Phi) is 5.00. The van der Waals surface area contributed by atoms with Crippen molar-refractivity contribution in [2.45, 2.75) is 19.8 Å². The summed E-state index contributed by atoms with van der Waals surface area (Å²) in [5.74, 6) is -3.92. The van der Waals surface area contributed by atoms with Crippen molar-refractivity contribution in [3.05, 3.63) is 45.0 Å². The number of anilines is 1. The summed E-state index contributed by atoms with van der Waals surface area (Å²) < 4.78 is 0. The van der Waals surface area contributed by atoms with Gasteiger partial charge in [0.15, 0.2) is 0 Å². The second-order valence-electron chi connectivity index (χ2n) is 5.39. The monoisotopic (exact) mass is 337 g/mol. The molecule has 2 atom stereocenters. The van der Waals surface area contributed by atoms with Crippen LogP contribution in [0.2, 0.25) is 0 Å². The second kappa shape index (κ2) is 6.78. The third-order valence-corrected chi connectivity index (χ3v) is 4.05. The number of hydrogen-bond acceptors (Lipinski definition) is 5. The zero-order chi connectivity index (χ0) is 17.1. The highest BCUT2D eigenvalue weighted by Crippen LogP contribution is 2.33. The summed E-state index contributed by atoms with van der Waals surface area (Å²) in [6.45, 7) is 1.69. The van der Waals surface area contributed by atoms with Gasteiger partial charge in [-0.1, -0.05) is 23.7 Å². The number of carbonyl (C=O) groups excluding carboxylic acids is 2. The van der Waals surface area contributed by atoms with Gasteiger partial charge in [0.25, 0.3) is 5.69 Å². The van der Waals surface area contributed by atoms with Crippen LogP contribution in [0.15, 0.2) is 29.3 Å². The van der Waals surface area contributed by atoms with Crippen molar-refractivity contribution >= 4 is 34.9 Å². The SMILES string of the molecule is Cc1ccc(NC(=O)[C@@H]2CC(Cl)=CC[C@H]2C(=O)[O-])c([N+](=O)[O-])c1. The first-order chi connectivity index (χ1) is 10.8. The number of allylic oxidation sites excluding steroid dienone is 2. The fourth-order valence-corrected chi connectivity index (χ4v) is 2.77. The number of aliphatic carboxylic acids is 1. The smallest absolute Gasteiger partial charge is 0.293 e. The minimum Gasteiger partial charge on any atom is -0.550 e. The van der Waals surface area contributed by atoms with Gasteiger partial charge in [-0.3, -0.25) is 14.9 Å². The molecule has 1 amide bonds. The number of nitrogens with one attached hydrogen (secondary N) is 1. The van der Waals surface area contributed by atoms with Crippen LogP contribution < -0.4 is 10.4 Å². The zero-order valence-corrected chi connectivity index (χ0v) is 13.0. The van der Waals surface area contributed by atoms with Crippen LogP contribution in [0.1, 0.15) is 18.4 Å². The summed E-state index contributed by atoms with van der Waals surface area (Å²) in [7, 11) is 0. The number of benzene rings is 1. The number of carbonyl (C=O) groups is 2. The van der Waals surface area contributed by atoms with Gasteiger partial charge in [0.05, 0.1) is 10.8 Å². The quantitative estimate of drug-likeness (QED) is 0.664. The van der Waals surface area contributed by atoms with Crippen molar-refractivity contribution in [2.24, 2.45) is 11.8 Å². The molecule has 0 aliphatic heterocycles. The molecule has 23 heavy (non-hydrogen) atoms. The summed E-state index contributed by atoms with van der Waals surface area (Å²) in [5.41, 5.74) is 0.445. The second-order valence-corrected chi connectivity index (χ2v) is 5.88. The predicted octanol–water partition coefficient (Wildman–Crippen LogP) is 1.74. The normalized spacial score (nSPS) is 20.5. The van der Waals surface area contributed by atoms with Crippen LogP contribution in [0.4, 0.5) is 11.4 Å². The summed E-state index contributed by atoms with van der Waals surface area (Å²) in [6, 6.07) is 4.37. The van der Waals surface area contributed by atoms with Crippen LogP contribution in [0.5, 0.6) is 0 Å². The lowest BCUT2D eigenvalue weighted by atomic mass is 9.82. The van der Waals surface area contributed by atoms with E-state index in [1.54, 1.807) is 19.1 Å². The number of hydrogen-bond donors (Lipinski definition) is 1. The summed E-state index contributed by atoms with van der Waals surface area (Å²) in [5, 5.41) is 25.1. The number of carboxylic acid groups (broad SMARTS) is 1. The van der Waals surface area contributed by atoms with Crippen LogP contribution in [-0.2, 0) is 9.59 Å². The van der Waals surface area contributed by atoms with Gasteiger partial charge in [-0.05, 0) is 31.4 Å². The Morgan fingerprint density at radius 2 is 2.04 bits per heavy atom. The predicted molar refractivity (Wildman–Crippen MR) is 81.6 cm³/mol. The Morgan fingerprint density at radius 3 is 2.65 bits per heavy atom. The van der Waals surface area contributed by atoms with Crippen molar-refractivity contribution in [3.63, 3.8) is 0 Å². The molecule has 0 aromatic heterocycles. The molecular formula is C15H14ClN2O5-. The van der Waals surface area contributed by atoms with Gasteiger partial charge in [0.1, 0.15) is 5.69 Å². The number of carboxylic acids is 1. The minimum absolute atomic E-state index is 0.0216. The molecule has 0 fully saturated rings. The van der Waals surface area contributed by atoms with Gasteiger partial charge >= 0.3 is 0 Å². The van der Waals surface area contributed by atoms with E-state index >= 15 is 0 Å². The van der Waals surface area contributed by atoms with Gasteiger partial charge in [0, 0.05) is 23.0 Å². The summed E-state index contributed by atoms with van der Waals surface area (Å²) >= 11 is 5.89. The van der Waals surface area contributed by atoms with E-state index in [2.05, 4.69) is 5.32 Å². The van der Waals surface area contributed by atoms with E-state index in [4.69, 9.17) is 11.6 Å². The highest BCUT2D eigenvalue weighted by atomic mass is 35.5. The Balaban J connectivity index is 2.26. The van der Waals surface area contributed by atoms with E-state index in [1.807, 2.05) is 0 Å². The number of halogens is 1. The van der Waals surface area contributed by atoms with Crippen molar-refractivity contribution in [2.75, 3.05) is 5.32 Å². The van der Waals surface area contributed by atoms with Crippen LogP contribution in [0.25, 0.3) is 0 Å². The zero-order valence-electron chi connectivity index (χ0n) is 12.2. The van der Waals surface area contributed by atoms with E-state index in [0.29, 0.717) is 10.6 Å². The van der Waals surface area contributed by atoms with Gasteiger partial charge in [-0.15, -0.1) is 0 Å². The van der Waals surface area contributed by atoms with E-state index in [1.165, 1.54) is 12.1 Å². The number of nitrogens with zero attached hydrogens (tertiary/aromatic N) is 1. The molecule has 0 unspecified atom stereocenters. The Bertz CT molecular complexity index is 701. The van der Waals surface area contributed by atoms with Crippen molar-refractivity contribution in [1.82, 2.24) is 0 Å². The molecule has 0 bridgehead atoms. The summed E-state index contributed by atoms with van der Waals surface area (Å²) in [6.07, 6.45) is 1.70. The lowest BCUT2D eigenvalue weighted by Crippen LogP contribution is -2.42. The topological polar surface area (TPSA) is 112 Å². The molecule has 0 spiro atoms. The molecule has 0 heterocycles. The Morgan fingerprint density at radius 1 is 1.35 bits per heavy atom. The molecule has 0 radical (unpaired) electrons. The number of amides is 1. The van der Waals surface area contributed by atoms with Crippen molar-refractivity contribution in [1.29, 1.82) is 0 Å². The molecule has 2 rings (SSSR count). The largest absolute Gasteiger partial charge is 0.550 e. The highest BCUT2D eigenvalue weighted by Gasteiger charge is 2.33. The average Bonchev–Trinajstić information content (AvgIpc) is 2.48. The van der Waals surface area contributed by atoms with E-state index in [0.717, 1.165) is 0 Å². The molecule has 7 nitrogen and oxygen atoms in total. The maximum absolute atomic E-state index is 12.4. The van der Waals surface area contributed by atoms with Crippen LogP contribution >= 0.6 is 11.6 Å². The third kappa shape index (κ3) is 3.87. The van der Waals surface area contributed by atoms with Gasteiger partial charge in [0.2, 0.25) is 5.91 Å². The molecule has 0 saturated carbocycles. The van der Waals surface area contributed by atoms with Crippen LogP contribution in [0.3, 0.4) is 0 Å². The number of aryl methyl sites for hydroxylation is 1. The molecule has 8 heteroatoms. The molecule has 122 valence electrons. The number of nitro benzene ring substituents is 1. The Hall–Kier alpha value is -2.41. The maximum atomic E-state index is 12.4. The van der Waals surface area contributed by atoms with Crippen LogP contribution in [-0.4, -0.2) is 16.8 Å². The highest BCUT2D eigenvalue weighted by molar-refractivity contribution is 6.29.